The number of hydrogen-bond donors (Lipinski definition) is 3. The van der Waals surface area contributed by atoms with Gasteiger partial charge in [-0.2, -0.15) is 0 Å². The number of aliphatic hydroxyl groups is 1. The van der Waals surface area contributed by atoms with Crippen LogP contribution in [0.1, 0.15) is 414 Å². The predicted octanol–water partition coefficient (Wildman–Crippen LogP) is 23.5. The fraction of sp³-hybridized carbons (Fsp3) is 0.949. The van der Waals surface area contributed by atoms with Crippen LogP contribution in [-0.4, -0.2) is 96.7 Å². The normalized spacial score (nSPS) is 13.9. The average molecular weight is 1440 g/mol. The molecule has 0 amide bonds. The number of phosphoric ester groups is 2. The van der Waals surface area contributed by atoms with Crippen molar-refractivity contribution in [1.29, 1.82) is 0 Å². The van der Waals surface area contributed by atoms with E-state index in [0.717, 1.165) is 102 Å². The standard InChI is InChI=1S/C79H154O17P2/c1-7-9-11-13-15-17-19-21-23-24-25-26-27-28-30-32-37-45-51-57-63-78(83)95-74(67-89-76(81)61-55-49-43-36-31-29-22-20-18-16-14-12-10-8-2)69-93-97(85,86)91-65-73(80)66-92-98(87,88)94-70-75(68-90-77(82)62-56-50-44-40-39-42-48-54-60-72(5)6)96-79(84)64-58-52-46-38-34-33-35-41-47-53-59-71(3)4/h71-75,80H,7-70H2,1-6H3,(H,85,86)(H,87,88)/t73-,74-,75-/m1/s1. The minimum absolute atomic E-state index is 0.106. The number of esters is 4. The summed E-state index contributed by atoms with van der Waals surface area (Å²) >= 11 is 0. The van der Waals surface area contributed by atoms with Gasteiger partial charge in [-0.25, -0.2) is 9.13 Å². The first kappa shape index (κ1) is 96.1. The highest BCUT2D eigenvalue weighted by molar-refractivity contribution is 7.47. The number of aliphatic hydroxyl groups excluding tert-OH is 1. The van der Waals surface area contributed by atoms with Gasteiger partial charge in [-0.15, -0.1) is 0 Å². The summed E-state index contributed by atoms with van der Waals surface area (Å²) in [6, 6.07) is 0. The SMILES string of the molecule is CCCCCCCCCCCCCCCCCCCCCCC(=O)O[C@H](COC(=O)CCCCCCCCCCCCCCCC)COP(=O)(O)OC[C@@H](O)COP(=O)(O)OC[C@@H](COC(=O)CCCCCCCCCCC(C)C)OC(=O)CCCCCCCCCCCCC(C)C. The van der Waals surface area contributed by atoms with Crippen LogP contribution in [0.25, 0.3) is 0 Å². The van der Waals surface area contributed by atoms with Gasteiger partial charge in [0.05, 0.1) is 26.4 Å². The van der Waals surface area contributed by atoms with E-state index in [1.54, 1.807) is 0 Å². The second-order valence-corrected chi connectivity index (χ2v) is 32.3. The van der Waals surface area contributed by atoms with Crippen molar-refractivity contribution in [2.24, 2.45) is 11.8 Å². The Kier molecular flexibility index (Phi) is 69.3. The number of carbonyl (C=O) groups excluding carboxylic acids is 4. The van der Waals surface area contributed by atoms with Gasteiger partial charge in [0.15, 0.2) is 12.2 Å². The molecule has 0 saturated heterocycles. The number of phosphoric acid groups is 2. The molecule has 2 unspecified atom stereocenters. The molecule has 0 spiro atoms. The van der Waals surface area contributed by atoms with E-state index < -0.39 is 97.5 Å². The molecular formula is C79H154O17P2. The Hall–Kier alpha value is -1.94. The molecule has 0 bridgehead atoms. The molecule has 5 atom stereocenters. The number of carbonyl (C=O) groups is 4. The van der Waals surface area contributed by atoms with Gasteiger partial charge >= 0.3 is 39.5 Å². The lowest BCUT2D eigenvalue weighted by Gasteiger charge is -2.21. The molecule has 0 aromatic heterocycles. The molecule has 17 nitrogen and oxygen atoms in total. The Balaban J connectivity index is 5.23. The van der Waals surface area contributed by atoms with E-state index in [1.165, 1.54) is 231 Å². The van der Waals surface area contributed by atoms with Crippen molar-refractivity contribution in [3.8, 4) is 0 Å². The average Bonchev–Trinajstić information content (AvgIpc) is 1.02. The van der Waals surface area contributed by atoms with Crippen LogP contribution in [-0.2, 0) is 65.4 Å². The zero-order valence-electron chi connectivity index (χ0n) is 64.1. The van der Waals surface area contributed by atoms with Gasteiger partial charge in [-0.3, -0.25) is 37.3 Å². The van der Waals surface area contributed by atoms with Crippen LogP contribution in [0.4, 0.5) is 0 Å². The summed E-state index contributed by atoms with van der Waals surface area (Å²) in [6.07, 6.45) is 59.7. The Morgan fingerprint density at radius 3 is 0.694 bits per heavy atom. The van der Waals surface area contributed by atoms with Gasteiger partial charge < -0.3 is 33.8 Å². The molecule has 0 aliphatic carbocycles. The van der Waals surface area contributed by atoms with E-state index in [2.05, 4.69) is 41.5 Å². The summed E-state index contributed by atoms with van der Waals surface area (Å²) in [5, 5.41) is 10.6. The van der Waals surface area contributed by atoms with Crippen LogP contribution < -0.4 is 0 Å². The summed E-state index contributed by atoms with van der Waals surface area (Å²) in [5.41, 5.74) is 0. The van der Waals surface area contributed by atoms with Crippen LogP contribution in [0.5, 0.6) is 0 Å². The van der Waals surface area contributed by atoms with Crippen LogP contribution in [0.2, 0.25) is 0 Å². The third-order valence-electron chi connectivity index (χ3n) is 18.5. The van der Waals surface area contributed by atoms with Gasteiger partial charge in [-0.1, -0.05) is 363 Å². The van der Waals surface area contributed by atoms with Crippen LogP contribution in [0, 0.1) is 11.8 Å². The number of ether oxygens (including phenoxy) is 4. The molecular weight excluding hydrogens is 1280 g/mol. The summed E-state index contributed by atoms with van der Waals surface area (Å²) in [6.45, 7) is 9.57. The van der Waals surface area contributed by atoms with Crippen molar-refractivity contribution < 1.29 is 80.2 Å². The molecule has 0 aliphatic heterocycles. The Labute approximate surface area is 600 Å². The van der Waals surface area contributed by atoms with Crippen LogP contribution >= 0.6 is 15.6 Å². The molecule has 0 heterocycles. The fourth-order valence-electron chi connectivity index (χ4n) is 12.2. The molecule has 98 heavy (non-hydrogen) atoms. The van der Waals surface area contributed by atoms with E-state index in [1.807, 2.05) is 0 Å². The number of hydrogen-bond acceptors (Lipinski definition) is 15. The van der Waals surface area contributed by atoms with Gasteiger partial charge in [0.1, 0.15) is 19.3 Å². The second kappa shape index (κ2) is 70.7. The highest BCUT2D eigenvalue weighted by atomic mass is 31.2. The number of unbranched alkanes of at least 4 members (excludes halogenated alkanes) is 48. The smallest absolute Gasteiger partial charge is 0.462 e. The molecule has 0 radical (unpaired) electrons. The second-order valence-electron chi connectivity index (χ2n) is 29.4. The van der Waals surface area contributed by atoms with Gasteiger partial charge in [0.25, 0.3) is 0 Å². The monoisotopic (exact) mass is 1440 g/mol. The van der Waals surface area contributed by atoms with Gasteiger partial charge in [0, 0.05) is 25.7 Å². The Morgan fingerprint density at radius 2 is 0.469 bits per heavy atom. The largest absolute Gasteiger partial charge is 0.472 e. The molecule has 0 fully saturated rings. The first-order valence-electron chi connectivity index (χ1n) is 41.0. The van der Waals surface area contributed by atoms with E-state index in [-0.39, 0.29) is 25.7 Å². The maximum atomic E-state index is 13.1. The van der Waals surface area contributed by atoms with E-state index >= 15 is 0 Å². The van der Waals surface area contributed by atoms with E-state index in [0.29, 0.717) is 25.7 Å². The molecule has 19 heteroatoms. The highest BCUT2D eigenvalue weighted by Crippen LogP contribution is 2.45. The Morgan fingerprint density at radius 1 is 0.276 bits per heavy atom. The molecule has 0 aromatic rings. The third kappa shape index (κ3) is 72.4. The fourth-order valence-corrected chi connectivity index (χ4v) is 13.8. The summed E-state index contributed by atoms with van der Waals surface area (Å²) in [5.74, 6) is -0.634. The zero-order chi connectivity index (χ0) is 72.1. The lowest BCUT2D eigenvalue weighted by molar-refractivity contribution is -0.161. The maximum Gasteiger partial charge on any atom is 0.472 e. The molecule has 0 saturated carbocycles. The summed E-state index contributed by atoms with van der Waals surface area (Å²) in [7, 11) is -9.92. The van der Waals surface area contributed by atoms with Crippen molar-refractivity contribution in [3.05, 3.63) is 0 Å². The van der Waals surface area contributed by atoms with E-state index in [4.69, 9.17) is 37.0 Å². The van der Waals surface area contributed by atoms with Crippen molar-refractivity contribution in [2.45, 2.75) is 432 Å². The van der Waals surface area contributed by atoms with Crippen LogP contribution in [0.15, 0.2) is 0 Å². The zero-order valence-corrected chi connectivity index (χ0v) is 65.9. The lowest BCUT2D eigenvalue weighted by atomic mass is 10.0. The first-order chi connectivity index (χ1) is 47.4. The summed E-state index contributed by atoms with van der Waals surface area (Å²) in [4.78, 5) is 72.9. The highest BCUT2D eigenvalue weighted by Gasteiger charge is 2.30. The minimum Gasteiger partial charge on any atom is -0.462 e. The van der Waals surface area contributed by atoms with Crippen molar-refractivity contribution in [3.63, 3.8) is 0 Å². The quantitative estimate of drug-likeness (QED) is 0.0222. The predicted molar refractivity (Wildman–Crippen MR) is 400 cm³/mol. The summed E-state index contributed by atoms with van der Waals surface area (Å²) < 4.78 is 68.6. The molecule has 0 aliphatic rings. The molecule has 3 N–H and O–H groups in total. The van der Waals surface area contributed by atoms with Gasteiger partial charge in [-0.05, 0) is 37.5 Å². The minimum atomic E-state index is -4.96. The third-order valence-corrected chi connectivity index (χ3v) is 20.4. The Bertz CT molecular complexity index is 1890. The maximum absolute atomic E-state index is 13.1. The van der Waals surface area contributed by atoms with Gasteiger partial charge in [0.2, 0.25) is 0 Å². The van der Waals surface area contributed by atoms with Crippen LogP contribution in [0.3, 0.4) is 0 Å². The lowest BCUT2D eigenvalue weighted by Crippen LogP contribution is -2.30. The topological polar surface area (TPSA) is 237 Å². The van der Waals surface area contributed by atoms with Crippen molar-refractivity contribution in [1.82, 2.24) is 0 Å². The first-order valence-corrected chi connectivity index (χ1v) is 44.0. The van der Waals surface area contributed by atoms with E-state index in [9.17, 15) is 43.2 Å². The molecule has 0 rings (SSSR count). The molecule has 0 aromatic carbocycles. The van der Waals surface area contributed by atoms with Crippen molar-refractivity contribution >= 4 is 39.5 Å². The van der Waals surface area contributed by atoms with Crippen molar-refractivity contribution in [2.75, 3.05) is 39.6 Å². The number of rotatable bonds is 78. The molecule has 582 valence electrons.